The van der Waals surface area contributed by atoms with Gasteiger partial charge in [-0.15, -0.1) is 0 Å². The summed E-state index contributed by atoms with van der Waals surface area (Å²) in [6, 6.07) is 76.1. The molecule has 1 aliphatic rings. The first kappa shape index (κ1) is 33.7. The third-order valence-corrected chi connectivity index (χ3v) is 12.9. The molecule has 0 radical (unpaired) electrons. The molecule has 0 saturated heterocycles. The van der Waals surface area contributed by atoms with Gasteiger partial charge < -0.3 is 9.13 Å². The number of para-hydroxylation sites is 3. The molecule has 0 saturated carbocycles. The lowest BCUT2D eigenvalue weighted by Gasteiger charge is -2.23. The molecule has 0 atom stereocenters. The SMILES string of the molecule is CC1(C)c2ccccc2-c2c(-c3ccc4c(c3)c3ccccc3n4-c3cccc(-c4ccccc4)c3)cc(-c3ccc4c(c3)c3ccccc3n4-c3ccccc3)cc21. The third-order valence-electron chi connectivity index (χ3n) is 12.9. The molecule has 0 amide bonds. The molecule has 9 aromatic carbocycles. The second kappa shape index (κ2) is 12.8. The van der Waals surface area contributed by atoms with Crippen LogP contribution < -0.4 is 0 Å². The molecule has 59 heavy (non-hydrogen) atoms. The maximum absolute atomic E-state index is 2.47. The van der Waals surface area contributed by atoms with Crippen molar-refractivity contribution in [3.63, 3.8) is 0 Å². The molecular formula is C57H40N2. The van der Waals surface area contributed by atoms with Crippen LogP contribution in [0.5, 0.6) is 0 Å². The van der Waals surface area contributed by atoms with Gasteiger partial charge in [-0.3, -0.25) is 0 Å². The van der Waals surface area contributed by atoms with Gasteiger partial charge in [0.15, 0.2) is 0 Å². The highest BCUT2D eigenvalue weighted by Gasteiger charge is 2.37. The summed E-state index contributed by atoms with van der Waals surface area (Å²) in [4.78, 5) is 0. The van der Waals surface area contributed by atoms with Crippen molar-refractivity contribution in [1.29, 1.82) is 0 Å². The van der Waals surface area contributed by atoms with E-state index in [0.29, 0.717) is 0 Å². The molecular weight excluding hydrogens is 713 g/mol. The molecule has 12 rings (SSSR count). The van der Waals surface area contributed by atoms with Crippen LogP contribution in [0.15, 0.2) is 206 Å². The second-order valence-electron chi connectivity index (χ2n) is 16.5. The number of hydrogen-bond acceptors (Lipinski definition) is 0. The first-order valence-electron chi connectivity index (χ1n) is 20.6. The predicted molar refractivity (Wildman–Crippen MR) is 249 cm³/mol. The number of aromatic nitrogens is 2. The highest BCUT2D eigenvalue weighted by atomic mass is 15.0. The van der Waals surface area contributed by atoms with Crippen LogP contribution in [0.2, 0.25) is 0 Å². The minimum absolute atomic E-state index is 0.159. The average Bonchev–Trinajstić information content (AvgIpc) is 3.89. The van der Waals surface area contributed by atoms with E-state index < -0.39 is 0 Å². The Morgan fingerprint density at radius 3 is 1.56 bits per heavy atom. The van der Waals surface area contributed by atoms with Crippen LogP contribution in [0.3, 0.4) is 0 Å². The Labute approximate surface area is 343 Å². The van der Waals surface area contributed by atoms with E-state index >= 15 is 0 Å². The van der Waals surface area contributed by atoms with Gasteiger partial charge in [0.2, 0.25) is 0 Å². The molecule has 0 fully saturated rings. The summed E-state index contributed by atoms with van der Waals surface area (Å²) in [5.41, 5.74) is 19.8. The molecule has 0 spiro atoms. The van der Waals surface area contributed by atoms with E-state index in [9.17, 15) is 0 Å². The van der Waals surface area contributed by atoms with Crippen LogP contribution in [-0.4, -0.2) is 9.13 Å². The van der Waals surface area contributed by atoms with Gasteiger partial charge in [0.05, 0.1) is 22.1 Å². The van der Waals surface area contributed by atoms with Gasteiger partial charge in [0.1, 0.15) is 0 Å². The van der Waals surface area contributed by atoms with Gasteiger partial charge >= 0.3 is 0 Å². The Morgan fingerprint density at radius 2 is 0.831 bits per heavy atom. The fraction of sp³-hybridized carbons (Fsp3) is 0.0526. The van der Waals surface area contributed by atoms with Crippen LogP contribution in [0.1, 0.15) is 25.0 Å². The topological polar surface area (TPSA) is 9.86 Å². The van der Waals surface area contributed by atoms with Crippen molar-refractivity contribution in [2.45, 2.75) is 19.3 Å². The van der Waals surface area contributed by atoms with Gasteiger partial charge in [-0.25, -0.2) is 0 Å². The maximum atomic E-state index is 2.47. The van der Waals surface area contributed by atoms with E-state index in [-0.39, 0.29) is 5.41 Å². The summed E-state index contributed by atoms with van der Waals surface area (Å²) < 4.78 is 4.83. The summed E-state index contributed by atoms with van der Waals surface area (Å²) in [6.45, 7) is 4.78. The molecule has 1 aliphatic carbocycles. The van der Waals surface area contributed by atoms with Gasteiger partial charge in [-0.2, -0.15) is 0 Å². The molecule has 0 N–H and O–H groups in total. The zero-order valence-corrected chi connectivity index (χ0v) is 33.0. The Balaban J connectivity index is 1.08. The van der Waals surface area contributed by atoms with E-state index in [4.69, 9.17) is 0 Å². The molecule has 0 aliphatic heterocycles. The summed E-state index contributed by atoms with van der Waals surface area (Å²) in [5.74, 6) is 0. The van der Waals surface area contributed by atoms with Crippen LogP contribution >= 0.6 is 0 Å². The zero-order chi connectivity index (χ0) is 39.2. The third kappa shape index (κ3) is 5.06. The van der Waals surface area contributed by atoms with Crippen molar-refractivity contribution in [1.82, 2.24) is 9.13 Å². The van der Waals surface area contributed by atoms with Crippen molar-refractivity contribution < 1.29 is 0 Å². The Kier molecular flexibility index (Phi) is 7.31. The number of nitrogens with zero attached hydrogens (tertiary/aromatic N) is 2. The van der Waals surface area contributed by atoms with Gasteiger partial charge in [-0.05, 0) is 128 Å². The first-order valence-corrected chi connectivity index (χ1v) is 20.6. The average molecular weight is 753 g/mol. The number of rotatable bonds is 5. The standard InChI is InChI=1S/C57H40N2/c1-57(2)50-25-12-9-24-46(50)56-47(35-41(36-51(56)57)39-28-30-54-48(33-39)44-22-10-13-26-52(44)58(54)42-19-7-4-8-20-42)40-29-31-55-49(34-40)45-23-11-14-27-53(45)59(55)43-21-15-18-38(32-43)37-16-5-3-6-17-37/h3-36H,1-2H3. The fourth-order valence-electron chi connectivity index (χ4n) is 10.1. The summed E-state index contributed by atoms with van der Waals surface area (Å²) in [6.07, 6.45) is 0. The monoisotopic (exact) mass is 752 g/mol. The van der Waals surface area contributed by atoms with E-state index in [1.165, 1.54) is 105 Å². The number of hydrogen-bond donors (Lipinski definition) is 0. The Morgan fingerprint density at radius 1 is 0.305 bits per heavy atom. The highest BCUT2D eigenvalue weighted by Crippen LogP contribution is 2.54. The van der Waals surface area contributed by atoms with Crippen LogP contribution in [0.4, 0.5) is 0 Å². The Hall–Kier alpha value is -7.42. The van der Waals surface area contributed by atoms with Crippen molar-refractivity contribution in [2.24, 2.45) is 0 Å². The summed E-state index contributed by atoms with van der Waals surface area (Å²) >= 11 is 0. The maximum Gasteiger partial charge on any atom is 0.0541 e. The van der Waals surface area contributed by atoms with Crippen molar-refractivity contribution in [2.75, 3.05) is 0 Å². The van der Waals surface area contributed by atoms with Crippen LogP contribution in [-0.2, 0) is 5.41 Å². The van der Waals surface area contributed by atoms with E-state index in [0.717, 1.165) is 5.69 Å². The summed E-state index contributed by atoms with van der Waals surface area (Å²) in [5, 5.41) is 5.03. The molecule has 0 bridgehead atoms. The van der Waals surface area contributed by atoms with Crippen molar-refractivity contribution in [3.05, 3.63) is 217 Å². The number of benzene rings is 9. The van der Waals surface area contributed by atoms with Gasteiger partial charge in [0.25, 0.3) is 0 Å². The minimum Gasteiger partial charge on any atom is -0.309 e. The normalized spacial score (nSPS) is 13.1. The lowest BCUT2D eigenvalue weighted by molar-refractivity contribution is 0.660. The van der Waals surface area contributed by atoms with Gasteiger partial charge in [0, 0.05) is 38.3 Å². The number of fused-ring (bicyclic) bond motifs is 9. The lowest BCUT2D eigenvalue weighted by atomic mass is 9.80. The van der Waals surface area contributed by atoms with Crippen LogP contribution in [0, 0.1) is 0 Å². The quantitative estimate of drug-likeness (QED) is 0.166. The van der Waals surface area contributed by atoms with E-state index in [2.05, 4.69) is 229 Å². The molecule has 2 nitrogen and oxygen atoms in total. The smallest absolute Gasteiger partial charge is 0.0541 e. The molecule has 2 aromatic heterocycles. The van der Waals surface area contributed by atoms with Gasteiger partial charge in [-0.1, -0.05) is 147 Å². The first-order chi connectivity index (χ1) is 29.0. The fourth-order valence-corrected chi connectivity index (χ4v) is 10.1. The minimum atomic E-state index is -0.159. The molecule has 2 heterocycles. The lowest BCUT2D eigenvalue weighted by Crippen LogP contribution is -2.15. The molecule has 0 unspecified atom stereocenters. The second-order valence-corrected chi connectivity index (χ2v) is 16.5. The van der Waals surface area contributed by atoms with E-state index in [1.54, 1.807) is 0 Å². The highest BCUT2D eigenvalue weighted by molar-refractivity contribution is 6.12. The zero-order valence-electron chi connectivity index (χ0n) is 33.0. The van der Waals surface area contributed by atoms with E-state index in [1.807, 2.05) is 0 Å². The summed E-state index contributed by atoms with van der Waals surface area (Å²) in [7, 11) is 0. The Bertz CT molecular complexity index is 3450. The largest absolute Gasteiger partial charge is 0.309 e. The molecule has 2 heteroatoms. The van der Waals surface area contributed by atoms with Crippen molar-refractivity contribution >= 4 is 43.6 Å². The van der Waals surface area contributed by atoms with Crippen molar-refractivity contribution in [3.8, 4) is 55.9 Å². The predicted octanol–water partition coefficient (Wildman–Crippen LogP) is 15.2. The molecule has 11 aromatic rings. The molecule has 278 valence electrons. The van der Waals surface area contributed by atoms with Crippen LogP contribution in [0.25, 0.3) is 99.5 Å².